The van der Waals surface area contributed by atoms with Gasteiger partial charge < -0.3 is 0 Å². The van der Waals surface area contributed by atoms with E-state index in [4.69, 9.17) is 0 Å². The fraction of sp³-hybridized carbons (Fsp3) is 0.308. The SMILES string of the molecule is C=C(C)C/C(=N\C)c1ccc(C)cc1. The zero-order valence-electron chi connectivity index (χ0n) is 9.17. The summed E-state index contributed by atoms with van der Waals surface area (Å²) in [5, 5.41) is 0. The largest absolute Gasteiger partial charge is 0.292 e. The Morgan fingerprint density at radius 1 is 1.29 bits per heavy atom. The number of nitrogens with zero attached hydrogens (tertiary/aromatic N) is 1. The van der Waals surface area contributed by atoms with Gasteiger partial charge in [-0.25, -0.2) is 0 Å². The highest BCUT2D eigenvalue weighted by atomic mass is 14.7. The van der Waals surface area contributed by atoms with Crippen molar-refractivity contribution in [2.75, 3.05) is 7.05 Å². The predicted molar refractivity (Wildman–Crippen MR) is 63.1 cm³/mol. The second kappa shape index (κ2) is 4.75. The molecule has 0 atom stereocenters. The lowest BCUT2D eigenvalue weighted by Gasteiger charge is -2.05. The fourth-order valence-electron chi connectivity index (χ4n) is 1.34. The fourth-order valence-corrected chi connectivity index (χ4v) is 1.34. The Labute approximate surface area is 86.2 Å². The van der Waals surface area contributed by atoms with Gasteiger partial charge >= 0.3 is 0 Å². The van der Waals surface area contributed by atoms with E-state index in [0.29, 0.717) is 0 Å². The molecule has 0 fully saturated rings. The number of allylic oxidation sites excluding steroid dienone is 1. The van der Waals surface area contributed by atoms with Gasteiger partial charge in [0.1, 0.15) is 0 Å². The summed E-state index contributed by atoms with van der Waals surface area (Å²) < 4.78 is 0. The van der Waals surface area contributed by atoms with Crippen molar-refractivity contribution in [1.29, 1.82) is 0 Å². The predicted octanol–water partition coefficient (Wildman–Crippen LogP) is 3.38. The van der Waals surface area contributed by atoms with Crippen molar-refractivity contribution in [3.63, 3.8) is 0 Å². The van der Waals surface area contributed by atoms with Crippen LogP contribution in [0, 0.1) is 6.92 Å². The van der Waals surface area contributed by atoms with Gasteiger partial charge in [0, 0.05) is 19.2 Å². The van der Waals surface area contributed by atoms with Crippen LogP contribution in [0.1, 0.15) is 24.5 Å². The number of aliphatic imine (C=N–C) groups is 1. The molecular formula is C13H17N. The van der Waals surface area contributed by atoms with Gasteiger partial charge in [0.25, 0.3) is 0 Å². The molecule has 0 aliphatic rings. The molecule has 0 bridgehead atoms. The van der Waals surface area contributed by atoms with Gasteiger partial charge in [-0.1, -0.05) is 42.0 Å². The van der Waals surface area contributed by atoms with Crippen LogP contribution in [0.5, 0.6) is 0 Å². The molecule has 0 radical (unpaired) electrons. The lowest BCUT2D eigenvalue weighted by Crippen LogP contribution is -2.01. The molecule has 0 aliphatic heterocycles. The number of aryl methyl sites for hydroxylation is 1. The molecule has 0 N–H and O–H groups in total. The minimum atomic E-state index is 0.861. The molecule has 0 heterocycles. The molecule has 0 unspecified atom stereocenters. The van der Waals surface area contributed by atoms with Gasteiger partial charge in [0.05, 0.1) is 0 Å². The van der Waals surface area contributed by atoms with E-state index < -0.39 is 0 Å². The van der Waals surface area contributed by atoms with Crippen molar-refractivity contribution in [2.45, 2.75) is 20.3 Å². The van der Waals surface area contributed by atoms with Crippen LogP contribution < -0.4 is 0 Å². The van der Waals surface area contributed by atoms with Crippen molar-refractivity contribution < 1.29 is 0 Å². The summed E-state index contributed by atoms with van der Waals surface area (Å²) >= 11 is 0. The molecule has 1 rings (SSSR count). The summed E-state index contributed by atoms with van der Waals surface area (Å²) in [4.78, 5) is 4.28. The molecule has 74 valence electrons. The molecule has 1 aromatic carbocycles. The van der Waals surface area contributed by atoms with Gasteiger partial charge in [-0.3, -0.25) is 4.99 Å². The summed E-state index contributed by atoms with van der Waals surface area (Å²) in [6, 6.07) is 8.44. The smallest absolute Gasteiger partial charge is 0.0457 e. The van der Waals surface area contributed by atoms with Crippen LogP contribution in [0.4, 0.5) is 0 Å². The van der Waals surface area contributed by atoms with Crippen molar-refractivity contribution in [3.8, 4) is 0 Å². The first-order valence-electron chi connectivity index (χ1n) is 4.80. The highest BCUT2D eigenvalue weighted by Crippen LogP contribution is 2.10. The van der Waals surface area contributed by atoms with Gasteiger partial charge in [0.15, 0.2) is 0 Å². The van der Waals surface area contributed by atoms with Gasteiger partial charge in [-0.05, 0) is 19.4 Å². The lowest BCUT2D eigenvalue weighted by molar-refractivity contribution is 1.24. The first-order valence-corrected chi connectivity index (χ1v) is 4.80. The van der Waals surface area contributed by atoms with E-state index in [0.717, 1.165) is 17.7 Å². The average molecular weight is 187 g/mol. The molecule has 0 saturated heterocycles. The first kappa shape index (κ1) is 10.7. The molecule has 1 aromatic rings. The molecule has 0 spiro atoms. The molecule has 1 heteroatoms. The Hall–Kier alpha value is -1.37. The van der Waals surface area contributed by atoms with Crippen LogP contribution in [0.15, 0.2) is 41.4 Å². The summed E-state index contributed by atoms with van der Waals surface area (Å²) in [6.07, 6.45) is 0.861. The van der Waals surface area contributed by atoms with Crippen LogP contribution >= 0.6 is 0 Å². The zero-order valence-corrected chi connectivity index (χ0v) is 9.17. The van der Waals surface area contributed by atoms with Crippen LogP contribution in [0.25, 0.3) is 0 Å². The monoisotopic (exact) mass is 187 g/mol. The standard InChI is InChI=1S/C13H17N/c1-10(2)9-13(14-4)12-7-5-11(3)6-8-12/h5-8H,1,9H2,2-4H3/b14-13+. The van der Waals surface area contributed by atoms with E-state index in [1.54, 1.807) is 0 Å². The summed E-state index contributed by atoms with van der Waals surface area (Å²) in [5.74, 6) is 0. The van der Waals surface area contributed by atoms with Crippen molar-refractivity contribution in [1.82, 2.24) is 0 Å². The molecular weight excluding hydrogens is 170 g/mol. The van der Waals surface area contributed by atoms with Crippen molar-refractivity contribution in [3.05, 3.63) is 47.5 Å². The number of rotatable bonds is 3. The second-order valence-corrected chi connectivity index (χ2v) is 3.67. The van der Waals surface area contributed by atoms with Gasteiger partial charge in [-0.2, -0.15) is 0 Å². The number of hydrogen-bond donors (Lipinski definition) is 0. The minimum absolute atomic E-state index is 0.861. The summed E-state index contributed by atoms with van der Waals surface area (Å²) in [5.41, 5.74) is 4.73. The minimum Gasteiger partial charge on any atom is -0.292 e. The summed E-state index contributed by atoms with van der Waals surface area (Å²) in [7, 11) is 1.83. The molecule has 14 heavy (non-hydrogen) atoms. The van der Waals surface area contributed by atoms with Gasteiger partial charge in [0.2, 0.25) is 0 Å². The van der Waals surface area contributed by atoms with Crippen molar-refractivity contribution >= 4 is 5.71 Å². The first-order chi connectivity index (χ1) is 6.63. The highest BCUT2D eigenvalue weighted by molar-refractivity contribution is 6.01. The Kier molecular flexibility index (Phi) is 3.63. The maximum atomic E-state index is 4.28. The molecule has 0 saturated carbocycles. The van der Waals surface area contributed by atoms with Crippen LogP contribution in [0.3, 0.4) is 0 Å². The van der Waals surface area contributed by atoms with Gasteiger partial charge in [-0.15, -0.1) is 0 Å². The quantitative estimate of drug-likeness (QED) is 0.508. The Morgan fingerprint density at radius 3 is 2.29 bits per heavy atom. The zero-order chi connectivity index (χ0) is 10.6. The molecule has 0 aromatic heterocycles. The van der Waals surface area contributed by atoms with Crippen LogP contribution in [-0.4, -0.2) is 12.8 Å². The number of benzene rings is 1. The Morgan fingerprint density at radius 2 is 1.86 bits per heavy atom. The van der Waals surface area contributed by atoms with E-state index in [2.05, 4.69) is 42.8 Å². The number of hydrogen-bond acceptors (Lipinski definition) is 1. The third-order valence-corrected chi connectivity index (χ3v) is 2.12. The average Bonchev–Trinajstić information content (AvgIpc) is 2.15. The third kappa shape index (κ3) is 2.84. The molecule has 0 aliphatic carbocycles. The summed E-state index contributed by atoms with van der Waals surface area (Å²) in [6.45, 7) is 8.02. The Bertz CT molecular complexity index is 344. The van der Waals surface area contributed by atoms with E-state index >= 15 is 0 Å². The third-order valence-electron chi connectivity index (χ3n) is 2.12. The van der Waals surface area contributed by atoms with E-state index in [1.165, 1.54) is 11.1 Å². The molecule has 0 amide bonds. The molecule has 1 nitrogen and oxygen atoms in total. The van der Waals surface area contributed by atoms with E-state index in [-0.39, 0.29) is 0 Å². The van der Waals surface area contributed by atoms with Crippen LogP contribution in [-0.2, 0) is 0 Å². The highest BCUT2D eigenvalue weighted by Gasteiger charge is 2.01. The van der Waals surface area contributed by atoms with E-state index in [9.17, 15) is 0 Å². The van der Waals surface area contributed by atoms with Crippen molar-refractivity contribution in [2.24, 2.45) is 4.99 Å². The lowest BCUT2D eigenvalue weighted by atomic mass is 10.0. The van der Waals surface area contributed by atoms with E-state index in [1.807, 2.05) is 14.0 Å². The normalized spacial score (nSPS) is 11.5. The van der Waals surface area contributed by atoms with Crippen LogP contribution in [0.2, 0.25) is 0 Å². The topological polar surface area (TPSA) is 12.4 Å². The Balaban J connectivity index is 2.91. The second-order valence-electron chi connectivity index (χ2n) is 3.67. The maximum Gasteiger partial charge on any atom is 0.0457 e. The maximum absolute atomic E-state index is 4.28.